The largest absolute Gasteiger partial charge is 0.224 e. The quantitative estimate of drug-likeness (QED) is 0.603. The Labute approximate surface area is 116 Å². The molecule has 1 aromatic carbocycles. The van der Waals surface area contributed by atoms with Crippen LogP contribution in [-0.4, -0.2) is 9.97 Å². The Morgan fingerprint density at radius 3 is 2.67 bits per heavy atom. The molecule has 0 aliphatic rings. The Hall–Kier alpha value is -1.23. The van der Waals surface area contributed by atoms with E-state index in [0.717, 1.165) is 4.88 Å². The van der Waals surface area contributed by atoms with Gasteiger partial charge < -0.3 is 0 Å². The summed E-state index contributed by atoms with van der Waals surface area (Å²) in [5.41, 5.74) is 0.144. The number of rotatable bonds is 1. The maximum atomic E-state index is 13.8. The van der Waals surface area contributed by atoms with Crippen LogP contribution >= 0.6 is 34.5 Å². The number of halogens is 3. The monoisotopic (exact) mass is 298 g/mol. The van der Waals surface area contributed by atoms with Crippen molar-refractivity contribution in [1.29, 1.82) is 0 Å². The highest BCUT2D eigenvalue weighted by atomic mass is 35.5. The Kier molecular flexibility index (Phi) is 2.93. The third-order valence-corrected chi connectivity index (χ3v) is 3.90. The average Bonchev–Trinajstić information content (AvgIpc) is 2.87. The van der Waals surface area contributed by atoms with E-state index in [2.05, 4.69) is 9.97 Å². The van der Waals surface area contributed by atoms with Crippen molar-refractivity contribution in [2.24, 2.45) is 0 Å². The first kappa shape index (κ1) is 11.8. The van der Waals surface area contributed by atoms with Crippen LogP contribution in [0.4, 0.5) is 4.39 Å². The molecule has 2 nitrogen and oxygen atoms in total. The Bertz CT molecular complexity index is 729. The normalized spacial score (nSPS) is 11.1. The molecule has 3 aromatic rings. The van der Waals surface area contributed by atoms with E-state index in [1.807, 2.05) is 17.5 Å². The molecule has 0 radical (unpaired) electrons. The van der Waals surface area contributed by atoms with Crippen LogP contribution in [-0.2, 0) is 0 Å². The van der Waals surface area contributed by atoms with E-state index in [9.17, 15) is 4.39 Å². The molecule has 18 heavy (non-hydrogen) atoms. The molecule has 3 rings (SSSR count). The van der Waals surface area contributed by atoms with Crippen molar-refractivity contribution >= 4 is 45.4 Å². The SMILES string of the molecule is Fc1ccc(Cl)c2c(Cl)nc(-c3cccs3)nc12. The van der Waals surface area contributed by atoms with Gasteiger partial charge in [0.15, 0.2) is 5.82 Å². The molecule has 0 saturated heterocycles. The first-order chi connectivity index (χ1) is 8.66. The van der Waals surface area contributed by atoms with Gasteiger partial charge in [-0.2, -0.15) is 0 Å². The topological polar surface area (TPSA) is 25.8 Å². The number of fused-ring (bicyclic) bond motifs is 1. The van der Waals surface area contributed by atoms with Crippen LogP contribution in [0.25, 0.3) is 21.6 Å². The maximum Gasteiger partial charge on any atom is 0.171 e. The Balaban J connectivity index is 2.37. The van der Waals surface area contributed by atoms with Gasteiger partial charge >= 0.3 is 0 Å². The van der Waals surface area contributed by atoms with Crippen LogP contribution in [0, 0.1) is 5.82 Å². The highest BCUT2D eigenvalue weighted by Gasteiger charge is 2.14. The summed E-state index contributed by atoms with van der Waals surface area (Å²) in [6.07, 6.45) is 0. The van der Waals surface area contributed by atoms with Gasteiger partial charge in [0.25, 0.3) is 0 Å². The number of thiophene rings is 1. The standard InChI is InChI=1S/C12H5Cl2FN2S/c13-6-3-4-7(15)10-9(6)11(14)17-12(16-10)8-2-1-5-18-8/h1-5H. The van der Waals surface area contributed by atoms with E-state index in [-0.39, 0.29) is 10.7 Å². The zero-order valence-electron chi connectivity index (χ0n) is 8.82. The third-order valence-electron chi connectivity index (χ3n) is 2.45. The average molecular weight is 299 g/mol. The van der Waals surface area contributed by atoms with Gasteiger partial charge in [0.2, 0.25) is 0 Å². The summed E-state index contributed by atoms with van der Waals surface area (Å²) in [6, 6.07) is 6.44. The minimum absolute atomic E-state index is 0.144. The summed E-state index contributed by atoms with van der Waals surface area (Å²) < 4.78 is 13.8. The van der Waals surface area contributed by atoms with Crippen molar-refractivity contribution in [2.75, 3.05) is 0 Å². The third kappa shape index (κ3) is 1.86. The number of aromatic nitrogens is 2. The molecule has 0 atom stereocenters. The summed E-state index contributed by atoms with van der Waals surface area (Å²) >= 11 is 13.5. The first-order valence-corrected chi connectivity index (χ1v) is 6.65. The van der Waals surface area contributed by atoms with E-state index in [1.54, 1.807) is 0 Å². The van der Waals surface area contributed by atoms with E-state index in [4.69, 9.17) is 23.2 Å². The van der Waals surface area contributed by atoms with Crippen molar-refractivity contribution in [3.63, 3.8) is 0 Å². The molecule has 0 aliphatic heterocycles. The lowest BCUT2D eigenvalue weighted by Gasteiger charge is -2.05. The molecule has 0 aliphatic carbocycles. The van der Waals surface area contributed by atoms with Crippen LogP contribution < -0.4 is 0 Å². The van der Waals surface area contributed by atoms with Gasteiger partial charge in [-0.25, -0.2) is 14.4 Å². The fourth-order valence-corrected chi connectivity index (χ4v) is 2.86. The van der Waals surface area contributed by atoms with E-state index in [0.29, 0.717) is 16.2 Å². The van der Waals surface area contributed by atoms with Crippen molar-refractivity contribution in [2.45, 2.75) is 0 Å². The highest BCUT2D eigenvalue weighted by molar-refractivity contribution is 7.13. The van der Waals surface area contributed by atoms with Crippen LogP contribution in [0.15, 0.2) is 29.6 Å². The lowest BCUT2D eigenvalue weighted by Crippen LogP contribution is -1.93. The molecule has 0 fully saturated rings. The van der Waals surface area contributed by atoms with E-state index < -0.39 is 5.82 Å². The highest BCUT2D eigenvalue weighted by Crippen LogP contribution is 2.32. The maximum absolute atomic E-state index is 13.8. The first-order valence-electron chi connectivity index (χ1n) is 5.02. The minimum Gasteiger partial charge on any atom is -0.224 e. The van der Waals surface area contributed by atoms with Crippen molar-refractivity contribution in [3.8, 4) is 10.7 Å². The Morgan fingerprint density at radius 1 is 1.11 bits per heavy atom. The Morgan fingerprint density at radius 2 is 1.94 bits per heavy atom. The smallest absolute Gasteiger partial charge is 0.171 e. The molecule has 0 bridgehead atoms. The van der Waals surface area contributed by atoms with Crippen LogP contribution in [0.2, 0.25) is 10.2 Å². The van der Waals surface area contributed by atoms with E-state index >= 15 is 0 Å². The summed E-state index contributed by atoms with van der Waals surface area (Å²) in [6.45, 7) is 0. The predicted molar refractivity (Wildman–Crippen MR) is 72.8 cm³/mol. The molecule has 0 spiro atoms. The molecule has 2 aromatic heterocycles. The van der Waals surface area contributed by atoms with Gasteiger partial charge in [-0.3, -0.25) is 0 Å². The zero-order chi connectivity index (χ0) is 12.7. The fourth-order valence-electron chi connectivity index (χ4n) is 1.64. The summed E-state index contributed by atoms with van der Waals surface area (Å²) in [5, 5.41) is 2.74. The summed E-state index contributed by atoms with van der Waals surface area (Å²) in [7, 11) is 0. The summed E-state index contributed by atoms with van der Waals surface area (Å²) in [5.74, 6) is -0.0554. The predicted octanol–water partition coefficient (Wildman–Crippen LogP) is 4.80. The van der Waals surface area contributed by atoms with Gasteiger partial charge in [-0.05, 0) is 23.6 Å². The molecular weight excluding hydrogens is 294 g/mol. The van der Waals surface area contributed by atoms with Gasteiger partial charge in [0.1, 0.15) is 16.5 Å². The van der Waals surface area contributed by atoms with Gasteiger partial charge in [-0.1, -0.05) is 29.3 Å². The van der Waals surface area contributed by atoms with Crippen molar-refractivity contribution in [1.82, 2.24) is 9.97 Å². The number of nitrogens with zero attached hydrogens (tertiary/aromatic N) is 2. The number of hydrogen-bond donors (Lipinski definition) is 0. The van der Waals surface area contributed by atoms with Gasteiger partial charge in [0, 0.05) is 0 Å². The zero-order valence-corrected chi connectivity index (χ0v) is 11.2. The van der Waals surface area contributed by atoms with E-state index in [1.165, 1.54) is 23.5 Å². The second kappa shape index (κ2) is 4.46. The molecule has 0 N–H and O–H groups in total. The van der Waals surface area contributed by atoms with Gasteiger partial charge in [0.05, 0.1) is 15.3 Å². The molecule has 0 saturated carbocycles. The van der Waals surface area contributed by atoms with Crippen molar-refractivity contribution < 1.29 is 4.39 Å². The lowest BCUT2D eigenvalue weighted by atomic mass is 10.2. The molecule has 0 unspecified atom stereocenters. The van der Waals surface area contributed by atoms with Crippen molar-refractivity contribution in [3.05, 3.63) is 45.6 Å². The molecule has 6 heteroatoms. The second-order valence-electron chi connectivity index (χ2n) is 3.57. The fraction of sp³-hybridized carbons (Fsp3) is 0. The second-order valence-corrected chi connectivity index (χ2v) is 5.28. The minimum atomic E-state index is -0.462. The number of hydrogen-bond acceptors (Lipinski definition) is 3. The van der Waals surface area contributed by atoms with Crippen LogP contribution in [0.5, 0.6) is 0 Å². The molecule has 0 amide bonds. The van der Waals surface area contributed by atoms with Gasteiger partial charge in [-0.15, -0.1) is 11.3 Å². The molecule has 2 heterocycles. The van der Waals surface area contributed by atoms with Crippen LogP contribution in [0.3, 0.4) is 0 Å². The summed E-state index contributed by atoms with van der Waals surface area (Å²) in [4.78, 5) is 9.19. The lowest BCUT2D eigenvalue weighted by molar-refractivity contribution is 0.636. The molecular formula is C12H5Cl2FN2S. The van der Waals surface area contributed by atoms with Crippen LogP contribution in [0.1, 0.15) is 0 Å². The molecule has 90 valence electrons. The number of benzene rings is 1.